The lowest BCUT2D eigenvalue weighted by Gasteiger charge is -2.16. The molecule has 184 valence electrons. The summed E-state index contributed by atoms with van der Waals surface area (Å²) in [6, 6.07) is 20.3. The molecule has 5 N–H and O–H groups in total. The zero-order chi connectivity index (χ0) is 25.0. The van der Waals surface area contributed by atoms with E-state index in [1.807, 2.05) is 66.7 Å². The second kappa shape index (κ2) is 13.1. The largest absolute Gasteiger partial charge is 0.493 e. The first kappa shape index (κ1) is 25.7. The Morgan fingerprint density at radius 1 is 0.943 bits per heavy atom. The maximum atomic E-state index is 12.5. The maximum Gasteiger partial charge on any atom is 0.318 e. The van der Waals surface area contributed by atoms with Crippen LogP contribution in [0.5, 0.6) is 5.75 Å². The van der Waals surface area contributed by atoms with Crippen LogP contribution in [0.2, 0.25) is 0 Å². The highest BCUT2D eigenvalue weighted by Gasteiger charge is 2.16. The van der Waals surface area contributed by atoms with E-state index in [4.69, 9.17) is 10.5 Å². The van der Waals surface area contributed by atoms with Gasteiger partial charge in [0.05, 0.1) is 19.1 Å². The number of unbranched alkanes of at least 4 members (excludes halogenated alkanes) is 1. The number of urea groups is 1. The van der Waals surface area contributed by atoms with E-state index in [0.29, 0.717) is 30.9 Å². The number of primary amides is 1. The van der Waals surface area contributed by atoms with Crippen molar-refractivity contribution in [3.63, 3.8) is 0 Å². The number of nitrogens with one attached hydrogen (secondary N) is 3. The van der Waals surface area contributed by atoms with Gasteiger partial charge in [0.25, 0.3) is 0 Å². The molecular weight excluding hydrogens is 444 g/mol. The zero-order valence-electron chi connectivity index (χ0n) is 19.9. The molecule has 0 aliphatic carbocycles. The van der Waals surface area contributed by atoms with Crippen LogP contribution in [0.1, 0.15) is 24.0 Å². The van der Waals surface area contributed by atoms with Gasteiger partial charge in [-0.1, -0.05) is 54.6 Å². The molecule has 0 aliphatic rings. The normalized spacial score (nSPS) is 11.6. The molecule has 1 atom stereocenters. The number of ether oxygens (including phenoxy) is 1. The molecule has 0 spiro atoms. The van der Waals surface area contributed by atoms with E-state index in [0.717, 1.165) is 29.2 Å². The topological polar surface area (TPSA) is 123 Å². The summed E-state index contributed by atoms with van der Waals surface area (Å²) in [4.78, 5) is 35.6. The Morgan fingerprint density at radius 2 is 1.63 bits per heavy atom. The minimum atomic E-state index is -0.885. The van der Waals surface area contributed by atoms with Gasteiger partial charge < -0.3 is 21.1 Å². The number of carbonyl (C=O) groups excluding carboxylic acids is 3. The first-order valence-corrected chi connectivity index (χ1v) is 11.7. The van der Waals surface area contributed by atoms with Crippen molar-refractivity contribution in [3.05, 3.63) is 77.9 Å². The lowest BCUT2D eigenvalue weighted by atomic mass is 10.0. The Bertz CT molecular complexity index is 1150. The van der Waals surface area contributed by atoms with Gasteiger partial charge in [-0.05, 0) is 54.8 Å². The third kappa shape index (κ3) is 8.12. The first-order chi connectivity index (χ1) is 17.0. The van der Waals surface area contributed by atoms with Crippen LogP contribution in [0.3, 0.4) is 0 Å². The Balaban J connectivity index is 1.49. The fraction of sp³-hybridized carbons (Fsp3) is 0.296. The standard InChI is InChI=1S/C27H32N4O4/c1-29-23(15-19-9-3-2-4-10-19)26(33)30-13-7-8-14-35-24-17-21-12-6-5-11-20(21)16-22(24)18-25(32)31-27(28)34/h2-6,9-12,16-17,23,29H,7-8,13-15,18H2,1H3,(H,30,33)(H3,28,31,32,34)/t23-/m0/s1. The summed E-state index contributed by atoms with van der Waals surface area (Å²) in [5.74, 6) is 0.0648. The second-order valence-corrected chi connectivity index (χ2v) is 8.27. The van der Waals surface area contributed by atoms with Crippen LogP contribution in [-0.2, 0) is 22.4 Å². The van der Waals surface area contributed by atoms with Gasteiger partial charge >= 0.3 is 6.03 Å². The number of carbonyl (C=O) groups is 3. The van der Waals surface area contributed by atoms with Gasteiger partial charge in [0, 0.05) is 12.1 Å². The minimum absolute atomic E-state index is 0.0218. The number of likely N-dealkylation sites (N-methyl/N-ethyl adjacent to an activating group) is 1. The monoisotopic (exact) mass is 476 g/mol. The van der Waals surface area contributed by atoms with Crippen LogP contribution in [0.25, 0.3) is 10.8 Å². The Hall–Kier alpha value is -3.91. The highest BCUT2D eigenvalue weighted by molar-refractivity contribution is 5.95. The van der Waals surface area contributed by atoms with Gasteiger partial charge in [-0.2, -0.15) is 0 Å². The SMILES string of the molecule is CN[C@@H](Cc1ccccc1)C(=O)NCCCCOc1cc2ccccc2cc1CC(=O)NC(N)=O. The molecule has 0 radical (unpaired) electrons. The van der Waals surface area contributed by atoms with Crippen molar-refractivity contribution < 1.29 is 19.1 Å². The lowest BCUT2D eigenvalue weighted by Crippen LogP contribution is -2.44. The van der Waals surface area contributed by atoms with Crippen LogP contribution < -0.4 is 26.4 Å². The molecule has 0 saturated heterocycles. The van der Waals surface area contributed by atoms with E-state index in [1.165, 1.54) is 0 Å². The van der Waals surface area contributed by atoms with E-state index >= 15 is 0 Å². The molecule has 35 heavy (non-hydrogen) atoms. The second-order valence-electron chi connectivity index (χ2n) is 8.27. The first-order valence-electron chi connectivity index (χ1n) is 11.7. The molecule has 0 fully saturated rings. The summed E-state index contributed by atoms with van der Waals surface area (Å²) in [7, 11) is 1.78. The zero-order valence-corrected chi connectivity index (χ0v) is 19.9. The maximum absolute atomic E-state index is 12.5. The fourth-order valence-electron chi connectivity index (χ4n) is 3.81. The van der Waals surface area contributed by atoms with E-state index in [9.17, 15) is 14.4 Å². The van der Waals surface area contributed by atoms with Gasteiger partial charge in [-0.15, -0.1) is 0 Å². The van der Waals surface area contributed by atoms with E-state index in [1.54, 1.807) is 7.05 Å². The van der Waals surface area contributed by atoms with Gasteiger partial charge in [0.15, 0.2) is 0 Å². The molecule has 0 heterocycles. The molecular formula is C27H32N4O4. The summed E-state index contributed by atoms with van der Waals surface area (Å²) in [6.45, 7) is 0.971. The number of nitrogens with two attached hydrogens (primary N) is 1. The molecule has 0 bridgehead atoms. The van der Waals surface area contributed by atoms with Crippen LogP contribution in [-0.4, -0.2) is 44.1 Å². The number of hydrogen-bond donors (Lipinski definition) is 4. The van der Waals surface area contributed by atoms with Gasteiger partial charge in [0.2, 0.25) is 11.8 Å². The van der Waals surface area contributed by atoms with Gasteiger partial charge in [0.1, 0.15) is 5.75 Å². The highest BCUT2D eigenvalue weighted by Crippen LogP contribution is 2.27. The summed E-state index contributed by atoms with van der Waals surface area (Å²) in [5, 5.41) is 10.1. The van der Waals surface area contributed by atoms with Crippen molar-refractivity contribution in [1.82, 2.24) is 16.0 Å². The van der Waals surface area contributed by atoms with E-state index in [-0.39, 0.29) is 18.4 Å². The Kier molecular flexibility index (Phi) is 9.62. The number of fused-ring (bicyclic) bond motifs is 1. The Morgan fingerprint density at radius 3 is 2.31 bits per heavy atom. The number of hydrogen-bond acceptors (Lipinski definition) is 5. The summed E-state index contributed by atoms with van der Waals surface area (Å²) >= 11 is 0. The molecule has 0 aliphatic heterocycles. The van der Waals surface area contributed by atoms with Crippen molar-refractivity contribution in [2.75, 3.05) is 20.2 Å². The van der Waals surface area contributed by atoms with Gasteiger partial charge in [-0.3, -0.25) is 14.9 Å². The molecule has 3 aromatic carbocycles. The summed E-state index contributed by atoms with van der Waals surface area (Å²) in [5.41, 5.74) is 6.83. The quantitative estimate of drug-likeness (QED) is 0.299. The van der Waals surface area contributed by atoms with Crippen LogP contribution in [0, 0.1) is 0 Å². The third-order valence-electron chi connectivity index (χ3n) is 5.62. The fourth-order valence-corrected chi connectivity index (χ4v) is 3.81. The molecule has 3 aromatic rings. The minimum Gasteiger partial charge on any atom is -0.493 e. The van der Waals surface area contributed by atoms with Gasteiger partial charge in [-0.25, -0.2) is 4.79 Å². The predicted molar refractivity (Wildman–Crippen MR) is 136 cm³/mol. The van der Waals surface area contributed by atoms with Crippen LogP contribution >= 0.6 is 0 Å². The molecule has 0 saturated carbocycles. The average Bonchev–Trinajstić information content (AvgIpc) is 2.84. The van der Waals surface area contributed by atoms with Crippen molar-refractivity contribution in [2.45, 2.75) is 31.7 Å². The summed E-state index contributed by atoms with van der Waals surface area (Å²) < 4.78 is 5.98. The molecule has 8 nitrogen and oxygen atoms in total. The number of amides is 4. The van der Waals surface area contributed by atoms with Crippen molar-refractivity contribution in [3.8, 4) is 5.75 Å². The summed E-state index contributed by atoms with van der Waals surface area (Å²) in [6.07, 6.45) is 2.08. The molecule has 0 unspecified atom stereocenters. The number of imide groups is 1. The van der Waals surface area contributed by atoms with E-state index < -0.39 is 11.9 Å². The Labute approximate surface area is 205 Å². The van der Waals surface area contributed by atoms with Crippen LogP contribution in [0.15, 0.2) is 66.7 Å². The smallest absolute Gasteiger partial charge is 0.318 e. The highest BCUT2D eigenvalue weighted by atomic mass is 16.5. The lowest BCUT2D eigenvalue weighted by molar-refractivity contribution is -0.123. The molecule has 0 aromatic heterocycles. The number of rotatable bonds is 12. The van der Waals surface area contributed by atoms with Crippen LogP contribution in [0.4, 0.5) is 4.79 Å². The van der Waals surface area contributed by atoms with Crippen molar-refractivity contribution >= 4 is 28.6 Å². The molecule has 3 rings (SSSR count). The average molecular weight is 477 g/mol. The molecule has 4 amide bonds. The van der Waals surface area contributed by atoms with E-state index in [2.05, 4.69) is 16.0 Å². The predicted octanol–water partition coefficient (Wildman–Crippen LogP) is 2.68. The molecule has 8 heteroatoms. The van der Waals surface area contributed by atoms with Crippen molar-refractivity contribution in [2.24, 2.45) is 5.73 Å². The number of benzene rings is 3. The third-order valence-corrected chi connectivity index (χ3v) is 5.62. The van der Waals surface area contributed by atoms with Crippen molar-refractivity contribution in [1.29, 1.82) is 0 Å².